The van der Waals surface area contributed by atoms with Gasteiger partial charge in [-0.05, 0) is 0 Å². The molecule has 0 amide bonds. The molecule has 0 bridgehead atoms. The molecule has 0 fully saturated rings. The standard InChI is InChI=1S/C18H38As2/c1-5-9-13-19(14-10-6-2)17-18-20(15-11-7-3)16-12-8-4/h17-18H,5-16H2,1-4H3. The van der Waals surface area contributed by atoms with E-state index in [1.165, 1.54) is 51.4 Å². The van der Waals surface area contributed by atoms with E-state index in [9.17, 15) is 0 Å². The first kappa shape index (κ1) is 20.9. The Kier molecular flexibility index (Phi) is 16.9. The van der Waals surface area contributed by atoms with Gasteiger partial charge in [0.1, 0.15) is 0 Å². The van der Waals surface area contributed by atoms with E-state index >= 15 is 0 Å². The van der Waals surface area contributed by atoms with E-state index in [1.807, 2.05) is 0 Å². The van der Waals surface area contributed by atoms with E-state index in [-0.39, 0.29) is 0 Å². The van der Waals surface area contributed by atoms with Crippen LogP contribution in [0.5, 0.6) is 0 Å². The van der Waals surface area contributed by atoms with E-state index in [0.29, 0.717) is 0 Å². The van der Waals surface area contributed by atoms with Gasteiger partial charge >= 0.3 is 139 Å². The van der Waals surface area contributed by atoms with Crippen molar-refractivity contribution in [1.82, 2.24) is 0 Å². The third-order valence-corrected chi connectivity index (χ3v) is 14.7. The molecule has 0 unspecified atom stereocenters. The van der Waals surface area contributed by atoms with Crippen LogP contribution in [-0.4, -0.2) is 29.3 Å². The van der Waals surface area contributed by atoms with E-state index in [0.717, 1.165) is 0 Å². The van der Waals surface area contributed by atoms with Gasteiger partial charge in [-0.15, -0.1) is 0 Å². The molecule has 0 aromatic carbocycles. The molecule has 0 aromatic rings. The maximum atomic E-state index is 2.80. The van der Waals surface area contributed by atoms with Gasteiger partial charge in [0.2, 0.25) is 0 Å². The molecule has 0 rings (SSSR count). The van der Waals surface area contributed by atoms with Crippen LogP contribution < -0.4 is 0 Å². The topological polar surface area (TPSA) is 0 Å². The van der Waals surface area contributed by atoms with Gasteiger partial charge in [0.05, 0.1) is 0 Å². The molecule has 120 valence electrons. The molecule has 0 nitrogen and oxygen atoms in total. The summed E-state index contributed by atoms with van der Waals surface area (Å²) in [4.78, 5) is 5.59. The van der Waals surface area contributed by atoms with Gasteiger partial charge < -0.3 is 0 Å². The summed E-state index contributed by atoms with van der Waals surface area (Å²) in [6, 6.07) is 0. The Morgan fingerprint density at radius 3 is 0.950 bits per heavy atom. The van der Waals surface area contributed by atoms with E-state index in [4.69, 9.17) is 0 Å². The third kappa shape index (κ3) is 12.6. The van der Waals surface area contributed by atoms with Crippen LogP contribution in [0, 0.1) is 0 Å². The average Bonchev–Trinajstić information content (AvgIpc) is 2.48. The molecule has 2 heteroatoms. The van der Waals surface area contributed by atoms with Crippen LogP contribution in [0.4, 0.5) is 0 Å². The molecule has 0 saturated carbocycles. The van der Waals surface area contributed by atoms with Gasteiger partial charge in [0.15, 0.2) is 0 Å². The van der Waals surface area contributed by atoms with Crippen LogP contribution >= 0.6 is 0 Å². The Bertz CT molecular complexity index is 175. The van der Waals surface area contributed by atoms with Crippen LogP contribution in [0.3, 0.4) is 0 Å². The van der Waals surface area contributed by atoms with Crippen molar-refractivity contribution in [1.29, 1.82) is 0 Å². The van der Waals surface area contributed by atoms with Crippen molar-refractivity contribution in [3.05, 3.63) is 9.73 Å². The predicted octanol–water partition coefficient (Wildman–Crippen LogP) is 6.81. The Labute approximate surface area is 138 Å². The fourth-order valence-corrected chi connectivity index (χ4v) is 15.3. The first-order valence-corrected chi connectivity index (χ1v) is 16.4. The second-order valence-corrected chi connectivity index (χ2v) is 15.7. The predicted molar refractivity (Wildman–Crippen MR) is 99.5 cm³/mol. The van der Waals surface area contributed by atoms with Gasteiger partial charge in [-0.3, -0.25) is 0 Å². The van der Waals surface area contributed by atoms with Crippen molar-refractivity contribution in [2.45, 2.75) is 99.9 Å². The van der Waals surface area contributed by atoms with Gasteiger partial charge in [-0.25, -0.2) is 0 Å². The van der Waals surface area contributed by atoms with Crippen LogP contribution in [0.15, 0.2) is 9.73 Å². The number of rotatable bonds is 14. The number of hydrogen-bond acceptors (Lipinski definition) is 0. The first-order chi connectivity index (χ1) is 9.78. The summed E-state index contributed by atoms with van der Waals surface area (Å²) >= 11 is -1.22. The van der Waals surface area contributed by atoms with Gasteiger partial charge in [-0.2, -0.15) is 0 Å². The number of hydrogen-bond donors (Lipinski definition) is 0. The first-order valence-electron chi connectivity index (χ1n) is 8.94. The summed E-state index contributed by atoms with van der Waals surface area (Å²) in [6.45, 7) is 9.38. The summed E-state index contributed by atoms with van der Waals surface area (Å²) in [7, 11) is 0. The van der Waals surface area contributed by atoms with Crippen molar-refractivity contribution >= 4 is 29.3 Å². The molecule has 0 aromatic heterocycles. The van der Waals surface area contributed by atoms with Crippen LogP contribution in [-0.2, 0) is 0 Å². The van der Waals surface area contributed by atoms with E-state index < -0.39 is 29.3 Å². The molecule has 0 spiro atoms. The van der Waals surface area contributed by atoms with Crippen LogP contribution in [0.1, 0.15) is 79.1 Å². The molecule has 0 saturated heterocycles. The quantitative estimate of drug-likeness (QED) is 0.279. The second kappa shape index (κ2) is 16.2. The second-order valence-electron chi connectivity index (χ2n) is 5.78. The van der Waals surface area contributed by atoms with Crippen molar-refractivity contribution in [2.24, 2.45) is 0 Å². The fraction of sp³-hybridized carbons (Fsp3) is 0.889. The summed E-state index contributed by atoms with van der Waals surface area (Å²) in [5, 5.41) is 6.29. The molecule has 0 radical (unpaired) electrons. The van der Waals surface area contributed by atoms with Crippen molar-refractivity contribution in [3.63, 3.8) is 0 Å². The van der Waals surface area contributed by atoms with Gasteiger partial charge in [0.25, 0.3) is 0 Å². The molecule has 20 heavy (non-hydrogen) atoms. The van der Waals surface area contributed by atoms with E-state index in [1.54, 1.807) is 20.8 Å². The van der Waals surface area contributed by atoms with Crippen LogP contribution in [0.2, 0.25) is 20.8 Å². The molecule has 0 aliphatic rings. The molecule has 0 heterocycles. The summed E-state index contributed by atoms with van der Waals surface area (Å²) in [6.07, 6.45) is 11.5. The van der Waals surface area contributed by atoms with Crippen molar-refractivity contribution in [3.8, 4) is 0 Å². The van der Waals surface area contributed by atoms with E-state index in [2.05, 4.69) is 37.4 Å². The Hall–Kier alpha value is 0.857. The zero-order valence-electron chi connectivity index (χ0n) is 14.5. The number of unbranched alkanes of at least 4 members (excludes halogenated alkanes) is 4. The third-order valence-electron chi connectivity index (χ3n) is 3.68. The molecular formula is C18H38As2. The minimum absolute atomic E-state index is 0.608. The Morgan fingerprint density at radius 2 is 0.750 bits per heavy atom. The van der Waals surface area contributed by atoms with Crippen molar-refractivity contribution < 1.29 is 0 Å². The molecule has 0 aliphatic heterocycles. The van der Waals surface area contributed by atoms with Gasteiger partial charge in [0, 0.05) is 0 Å². The Balaban J connectivity index is 4.30. The van der Waals surface area contributed by atoms with Crippen LogP contribution in [0.25, 0.3) is 0 Å². The van der Waals surface area contributed by atoms with Gasteiger partial charge in [-0.1, -0.05) is 0 Å². The minimum atomic E-state index is -0.608. The van der Waals surface area contributed by atoms with Crippen molar-refractivity contribution in [2.75, 3.05) is 0 Å². The maximum absolute atomic E-state index is 2.80. The summed E-state index contributed by atoms with van der Waals surface area (Å²) in [5.74, 6) is 0. The SMILES string of the molecule is CCCC[As](C=C[As](CCCC)CCCC)CCCC. The zero-order chi connectivity index (χ0) is 15.1. The summed E-state index contributed by atoms with van der Waals surface area (Å²) in [5.41, 5.74) is 0. The monoisotopic (exact) mass is 404 g/mol. The molecular weight excluding hydrogens is 366 g/mol. The zero-order valence-corrected chi connectivity index (χ0v) is 18.3. The molecule has 0 atom stereocenters. The average molecular weight is 404 g/mol. The normalized spacial score (nSPS) is 12.1. The summed E-state index contributed by atoms with van der Waals surface area (Å²) < 4.78 is 0. The molecule has 0 aliphatic carbocycles. The fourth-order valence-electron chi connectivity index (χ4n) is 2.16. The molecule has 0 N–H and O–H groups in total. The Morgan fingerprint density at radius 1 is 0.500 bits per heavy atom.